The van der Waals surface area contributed by atoms with E-state index in [1.807, 2.05) is 0 Å². The number of nitrogens with zero attached hydrogens (tertiary/aromatic N) is 3. The van der Waals surface area contributed by atoms with E-state index in [9.17, 15) is 37.5 Å². The molecule has 2 atom stereocenters. The van der Waals surface area contributed by atoms with Crippen LogP contribution >= 0.6 is 7.60 Å². The Balaban J connectivity index is 1.57. The highest BCUT2D eigenvalue weighted by Crippen LogP contribution is 2.54. The lowest BCUT2D eigenvalue weighted by atomic mass is 10.0. The Morgan fingerprint density at radius 1 is 1.14 bits per heavy atom. The highest BCUT2D eigenvalue weighted by Gasteiger charge is 2.55. The average molecular weight is 603 g/mol. The molecule has 1 aliphatic heterocycles. The van der Waals surface area contributed by atoms with E-state index in [-0.39, 0.29) is 49.4 Å². The molecule has 1 aromatic heterocycles. The van der Waals surface area contributed by atoms with Crippen LogP contribution in [-0.2, 0) is 17.7 Å². The molecule has 5 rings (SSSR count). The molecule has 42 heavy (non-hydrogen) atoms. The number of amides is 2. The van der Waals surface area contributed by atoms with Crippen molar-refractivity contribution >= 4 is 19.4 Å². The van der Waals surface area contributed by atoms with Crippen molar-refractivity contribution in [1.29, 1.82) is 0 Å². The molecule has 2 heterocycles. The van der Waals surface area contributed by atoms with Gasteiger partial charge in [-0.1, -0.05) is 36.4 Å². The Hall–Kier alpha value is -4.06. The Morgan fingerprint density at radius 2 is 1.86 bits per heavy atom. The number of rotatable bonds is 7. The van der Waals surface area contributed by atoms with Gasteiger partial charge in [0.25, 0.3) is 11.8 Å². The van der Waals surface area contributed by atoms with E-state index in [0.717, 1.165) is 6.07 Å². The maximum atomic E-state index is 14.2. The molecular formula is C28H29F2N4O7P. The monoisotopic (exact) mass is 602 g/mol. The second kappa shape index (κ2) is 11.0. The van der Waals surface area contributed by atoms with Gasteiger partial charge in [0.15, 0.2) is 11.4 Å². The zero-order valence-electron chi connectivity index (χ0n) is 22.8. The van der Waals surface area contributed by atoms with E-state index in [2.05, 4.69) is 5.32 Å². The van der Waals surface area contributed by atoms with Crippen LogP contribution in [0.1, 0.15) is 51.2 Å². The fourth-order valence-electron chi connectivity index (χ4n) is 5.60. The highest BCUT2D eigenvalue weighted by molar-refractivity contribution is 7.52. The number of fused-ring (bicyclic) bond motifs is 1. The number of nitrogens with one attached hydrogen (secondary N) is 1. The normalized spacial score (nSPS) is 20.1. The van der Waals surface area contributed by atoms with Gasteiger partial charge in [-0.3, -0.25) is 28.6 Å². The predicted molar refractivity (Wildman–Crippen MR) is 148 cm³/mol. The molecule has 11 nitrogen and oxygen atoms in total. The summed E-state index contributed by atoms with van der Waals surface area (Å²) in [5.74, 6) is -3.56. The van der Waals surface area contributed by atoms with Crippen molar-refractivity contribution < 1.29 is 37.5 Å². The van der Waals surface area contributed by atoms with Crippen LogP contribution in [-0.4, -0.2) is 56.6 Å². The van der Waals surface area contributed by atoms with E-state index in [1.165, 1.54) is 28.9 Å². The third-order valence-corrected chi connectivity index (χ3v) is 9.44. The SMILES string of the molecule is CN1C(=O)c2c(OCc3ccccc3)c(=O)c(C(=O)NCc3ccc(F)cc3F)cn2N(C)C12CC[C@H](P(=O)(O)O)C2. The van der Waals surface area contributed by atoms with Gasteiger partial charge in [0.05, 0.1) is 5.66 Å². The zero-order chi connectivity index (χ0) is 30.4. The van der Waals surface area contributed by atoms with Crippen LogP contribution in [0.3, 0.4) is 0 Å². The predicted octanol–water partition coefficient (Wildman–Crippen LogP) is 2.72. The summed E-state index contributed by atoms with van der Waals surface area (Å²) in [6, 6.07) is 11.7. The molecule has 2 amide bonds. The molecule has 1 aliphatic carbocycles. The van der Waals surface area contributed by atoms with E-state index >= 15 is 0 Å². The zero-order valence-corrected chi connectivity index (χ0v) is 23.7. The molecule has 0 saturated heterocycles. The van der Waals surface area contributed by atoms with Crippen molar-refractivity contribution in [2.45, 2.75) is 43.7 Å². The van der Waals surface area contributed by atoms with Crippen LogP contribution in [0.5, 0.6) is 5.75 Å². The molecule has 1 fully saturated rings. The van der Waals surface area contributed by atoms with Crippen LogP contribution in [0.25, 0.3) is 0 Å². The van der Waals surface area contributed by atoms with Gasteiger partial charge < -0.3 is 24.7 Å². The van der Waals surface area contributed by atoms with Gasteiger partial charge in [-0.25, -0.2) is 8.78 Å². The minimum Gasteiger partial charge on any atom is -0.482 e. The summed E-state index contributed by atoms with van der Waals surface area (Å²) in [6.07, 6.45) is 1.49. The topological polar surface area (TPSA) is 141 Å². The lowest BCUT2D eigenvalue weighted by molar-refractivity contribution is 0.0399. The average Bonchev–Trinajstić information content (AvgIpc) is 3.42. The molecular weight excluding hydrogens is 573 g/mol. The third kappa shape index (κ3) is 5.19. The molecule has 3 N–H and O–H groups in total. The molecule has 0 radical (unpaired) electrons. The van der Waals surface area contributed by atoms with Crippen LogP contribution in [0.15, 0.2) is 59.5 Å². The Morgan fingerprint density at radius 3 is 2.50 bits per heavy atom. The number of ether oxygens (including phenoxy) is 1. The molecule has 3 aromatic rings. The third-order valence-electron chi connectivity index (χ3n) is 8.04. The van der Waals surface area contributed by atoms with E-state index in [4.69, 9.17) is 4.74 Å². The molecule has 222 valence electrons. The minimum atomic E-state index is -4.46. The van der Waals surface area contributed by atoms with Gasteiger partial charge in [0.1, 0.15) is 29.5 Å². The second-order valence-electron chi connectivity index (χ2n) is 10.4. The van der Waals surface area contributed by atoms with Gasteiger partial charge in [-0.2, -0.15) is 0 Å². The number of hydrogen-bond acceptors (Lipinski definition) is 6. The number of halogens is 2. The lowest BCUT2D eigenvalue weighted by Crippen LogP contribution is -2.67. The molecule has 0 bridgehead atoms. The first kappa shape index (κ1) is 29.4. The minimum absolute atomic E-state index is 0.00864. The number of carbonyl (C=O) groups is 2. The van der Waals surface area contributed by atoms with Crippen LogP contribution in [0, 0.1) is 11.6 Å². The summed E-state index contributed by atoms with van der Waals surface area (Å²) in [5, 5.41) is 4.03. The van der Waals surface area contributed by atoms with E-state index in [0.29, 0.717) is 11.6 Å². The van der Waals surface area contributed by atoms with E-state index < -0.39 is 53.4 Å². The molecule has 1 saturated carbocycles. The summed E-state index contributed by atoms with van der Waals surface area (Å²) in [5.41, 5.74) is -2.91. The number of aromatic nitrogens is 1. The fraction of sp³-hybridized carbons (Fsp3) is 0.321. The van der Waals surface area contributed by atoms with Gasteiger partial charge in [-0.15, -0.1) is 0 Å². The van der Waals surface area contributed by atoms with Crippen LogP contribution in [0.4, 0.5) is 8.78 Å². The van der Waals surface area contributed by atoms with E-state index in [1.54, 1.807) is 42.4 Å². The van der Waals surface area contributed by atoms with Crippen LogP contribution < -0.4 is 20.5 Å². The first-order valence-electron chi connectivity index (χ1n) is 13.1. The largest absolute Gasteiger partial charge is 0.482 e. The van der Waals surface area contributed by atoms with Crippen molar-refractivity contribution in [3.63, 3.8) is 0 Å². The summed E-state index contributed by atoms with van der Waals surface area (Å²) < 4.78 is 46.8. The smallest absolute Gasteiger partial charge is 0.328 e. The number of benzene rings is 2. The maximum absolute atomic E-state index is 14.2. The Bertz CT molecular complexity index is 1660. The summed E-state index contributed by atoms with van der Waals surface area (Å²) in [4.78, 5) is 61.8. The number of carbonyl (C=O) groups excluding carboxylic acids is 2. The molecule has 1 spiro atoms. The van der Waals surface area contributed by atoms with Crippen LogP contribution in [0.2, 0.25) is 0 Å². The molecule has 1 unspecified atom stereocenters. The quantitative estimate of drug-likeness (QED) is 0.351. The molecule has 2 aromatic carbocycles. The Labute approximate surface area is 239 Å². The fourth-order valence-corrected chi connectivity index (χ4v) is 6.60. The van der Waals surface area contributed by atoms with Gasteiger partial charge >= 0.3 is 7.60 Å². The van der Waals surface area contributed by atoms with Crippen molar-refractivity contribution in [2.24, 2.45) is 0 Å². The maximum Gasteiger partial charge on any atom is 0.328 e. The number of pyridine rings is 1. The van der Waals surface area contributed by atoms with Crippen molar-refractivity contribution in [1.82, 2.24) is 14.9 Å². The highest BCUT2D eigenvalue weighted by atomic mass is 31.2. The molecule has 14 heteroatoms. The summed E-state index contributed by atoms with van der Waals surface area (Å²) >= 11 is 0. The first-order chi connectivity index (χ1) is 19.8. The van der Waals surface area contributed by atoms with Crippen molar-refractivity contribution in [2.75, 3.05) is 19.1 Å². The van der Waals surface area contributed by atoms with Crippen molar-refractivity contribution in [3.05, 3.63) is 99.0 Å². The van der Waals surface area contributed by atoms with Gasteiger partial charge in [-0.05, 0) is 24.5 Å². The number of hydrogen-bond donors (Lipinski definition) is 3. The van der Waals surface area contributed by atoms with Gasteiger partial charge in [0.2, 0.25) is 5.43 Å². The standard InChI is InChI=1S/C28H29F2N4O7P/c1-32-27(37)23-25(41-16-17-6-4-3-5-7-17)24(35)21(26(36)31-14-18-8-9-19(29)12-22(18)30)15-34(23)33(2)28(32)11-10-20(13-28)42(38,39)40/h3-9,12,15,20H,10-11,13-14,16H2,1-2H3,(H,31,36)(H2,38,39,40)/t20-,28?/m0/s1. The lowest BCUT2D eigenvalue weighted by Gasteiger charge is -2.51. The summed E-state index contributed by atoms with van der Waals surface area (Å²) in [6.45, 7) is -0.446. The summed E-state index contributed by atoms with van der Waals surface area (Å²) in [7, 11) is -1.38. The van der Waals surface area contributed by atoms with Crippen molar-refractivity contribution in [3.8, 4) is 5.75 Å². The molecule has 2 aliphatic rings. The first-order valence-corrected chi connectivity index (χ1v) is 14.8. The van der Waals surface area contributed by atoms with Gasteiger partial charge in [0, 0.05) is 44.9 Å². The Kier molecular flexibility index (Phi) is 7.69. The second-order valence-corrected chi connectivity index (χ2v) is 12.4.